The van der Waals surface area contributed by atoms with E-state index >= 15 is 0 Å². The molecule has 0 radical (unpaired) electrons. The molecular formula is C16H23N3OS. The van der Waals surface area contributed by atoms with Crippen LogP contribution in [0, 0.1) is 5.92 Å². The Kier molecular flexibility index (Phi) is 4.60. The lowest BCUT2D eigenvalue weighted by molar-refractivity contribution is 0.0815. The van der Waals surface area contributed by atoms with Gasteiger partial charge in [0, 0.05) is 18.3 Å². The topological polar surface area (TPSA) is 36.5 Å². The van der Waals surface area contributed by atoms with Gasteiger partial charge in [-0.05, 0) is 75.3 Å². The maximum atomic E-state index is 5.44. The number of fused-ring (bicyclic) bond motifs is 3. The molecule has 3 fully saturated rings. The molecule has 0 aliphatic carbocycles. The van der Waals surface area contributed by atoms with Gasteiger partial charge in [0.05, 0.1) is 6.61 Å². The fourth-order valence-corrected chi connectivity index (χ4v) is 3.53. The number of piperidine rings is 3. The number of hydrogen-bond acceptors (Lipinski definition) is 3. The van der Waals surface area contributed by atoms with E-state index < -0.39 is 0 Å². The van der Waals surface area contributed by atoms with Gasteiger partial charge in [0.1, 0.15) is 5.75 Å². The second-order valence-electron chi connectivity index (χ2n) is 5.80. The minimum atomic E-state index is 0.496. The molecule has 1 aromatic carbocycles. The molecule has 3 aliphatic rings. The monoisotopic (exact) mass is 305 g/mol. The van der Waals surface area contributed by atoms with E-state index in [-0.39, 0.29) is 0 Å². The number of rotatable bonds is 4. The molecule has 0 aromatic heterocycles. The van der Waals surface area contributed by atoms with Crippen molar-refractivity contribution >= 4 is 23.0 Å². The van der Waals surface area contributed by atoms with Gasteiger partial charge in [0.25, 0.3) is 0 Å². The summed E-state index contributed by atoms with van der Waals surface area (Å²) in [6.45, 7) is 6.30. The van der Waals surface area contributed by atoms with Crippen LogP contribution in [0.2, 0.25) is 0 Å². The number of thiocarbonyl (C=S) groups is 1. The first-order valence-electron chi connectivity index (χ1n) is 7.77. The third kappa shape index (κ3) is 3.66. The molecule has 2 bridgehead atoms. The van der Waals surface area contributed by atoms with Crippen LogP contribution in [0.3, 0.4) is 0 Å². The quantitative estimate of drug-likeness (QED) is 0.836. The first-order chi connectivity index (χ1) is 10.2. The standard InChI is InChI=1S/C16H23N3OS/c1-2-20-14-5-3-13(4-6-14)17-16(21)18-15-11-19-9-7-12(15)8-10-19/h3-6,12,15H,2,7-11H2,1H3,(H2,17,18,21). The van der Waals surface area contributed by atoms with Gasteiger partial charge in [0.2, 0.25) is 0 Å². The van der Waals surface area contributed by atoms with E-state index in [4.69, 9.17) is 17.0 Å². The van der Waals surface area contributed by atoms with Crippen molar-refractivity contribution in [2.24, 2.45) is 5.92 Å². The average Bonchev–Trinajstić information content (AvgIpc) is 2.51. The highest BCUT2D eigenvalue weighted by atomic mass is 32.1. The van der Waals surface area contributed by atoms with Crippen LogP contribution in [0.1, 0.15) is 19.8 Å². The highest BCUT2D eigenvalue weighted by Crippen LogP contribution is 2.27. The lowest BCUT2D eigenvalue weighted by Gasteiger charge is -2.45. The molecule has 1 unspecified atom stereocenters. The zero-order chi connectivity index (χ0) is 14.7. The molecule has 4 rings (SSSR count). The second-order valence-corrected chi connectivity index (χ2v) is 6.21. The Balaban J connectivity index is 1.52. The lowest BCUT2D eigenvalue weighted by Crippen LogP contribution is -2.57. The van der Waals surface area contributed by atoms with Gasteiger partial charge in [-0.1, -0.05) is 0 Å². The zero-order valence-corrected chi connectivity index (χ0v) is 13.3. The number of nitrogens with zero attached hydrogens (tertiary/aromatic N) is 1. The SMILES string of the molecule is CCOc1ccc(NC(=S)NC2CN3CCC2CC3)cc1. The first-order valence-corrected chi connectivity index (χ1v) is 8.18. The Morgan fingerprint density at radius 3 is 2.57 bits per heavy atom. The summed E-state index contributed by atoms with van der Waals surface area (Å²) in [6.07, 6.45) is 2.59. The molecular weight excluding hydrogens is 282 g/mol. The summed E-state index contributed by atoms with van der Waals surface area (Å²) in [4.78, 5) is 2.52. The molecule has 3 saturated heterocycles. The van der Waals surface area contributed by atoms with Crippen molar-refractivity contribution in [1.82, 2.24) is 10.2 Å². The average molecular weight is 305 g/mol. The molecule has 1 aromatic rings. The van der Waals surface area contributed by atoms with Gasteiger partial charge in [-0.25, -0.2) is 0 Å². The van der Waals surface area contributed by atoms with Gasteiger partial charge in [-0.3, -0.25) is 0 Å². The Bertz CT molecular complexity index is 483. The first kappa shape index (κ1) is 14.6. The maximum absolute atomic E-state index is 5.44. The van der Waals surface area contributed by atoms with Crippen molar-refractivity contribution in [3.8, 4) is 5.75 Å². The molecule has 0 spiro atoms. The second kappa shape index (κ2) is 6.62. The van der Waals surface area contributed by atoms with Crippen LogP contribution in [-0.2, 0) is 0 Å². The van der Waals surface area contributed by atoms with E-state index in [9.17, 15) is 0 Å². The molecule has 2 N–H and O–H groups in total. The number of anilines is 1. The summed E-state index contributed by atoms with van der Waals surface area (Å²) >= 11 is 5.44. The van der Waals surface area contributed by atoms with Crippen molar-refractivity contribution < 1.29 is 4.74 Å². The highest BCUT2D eigenvalue weighted by Gasteiger charge is 2.34. The van der Waals surface area contributed by atoms with Crippen LogP contribution in [-0.4, -0.2) is 42.3 Å². The lowest BCUT2D eigenvalue weighted by atomic mass is 9.84. The van der Waals surface area contributed by atoms with Crippen LogP contribution in [0.4, 0.5) is 5.69 Å². The van der Waals surface area contributed by atoms with Crippen molar-refractivity contribution in [1.29, 1.82) is 0 Å². The van der Waals surface area contributed by atoms with E-state index in [0.717, 1.165) is 29.0 Å². The molecule has 3 aliphatic heterocycles. The predicted octanol–water partition coefficient (Wildman–Crippen LogP) is 2.47. The maximum Gasteiger partial charge on any atom is 0.171 e. The van der Waals surface area contributed by atoms with Crippen molar-refractivity contribution in [2.45, 2.75) is 25.8 Å². The molecule has 5 heteroatoms. The number of ether oxygens (including phenoxy) is 1. The predicted molar refractivity (Wildman–Crippen MR) is 89.9 cm³/mol. The van der Waals surface area contributed by atoms with Crippen molar-refractivity contribution in [3.63, 3.8) is 0 Å². The summed E-state index contributed by atoms with van der Waals surface area (Å²) in [7, 11) is 0. The summed E-state index contributed by atoms with van der Waals surface area (Å²) < 4.78 is 5.44. The molecule has 3 heterocycles. The number of benzene rings is 1. The van der Waals surface area contributed by atoms with E-state index in [2.05, 4.69) is 15.5 Å². The Labute approximate surface area is 131 Å². The van der Waals surface area contributed by atoms with Crippen LogP contribution in [0.15, 0.2) is 24.3 Å². The van der Waals surface area contributed by atoms with Gasteiger partial charge < -0.3 is 20.3 Å². The normalized spacial score (nSPS) is 27.2. The van der Waals surface area contributed by atoms with Gasteiger partial charge >= 0.3 is 0 Å². The highest BCUT2D eigenvalue weighted by molar-refractivity contribution is 7.80. The van der Waals surface area contributed by atoms with Gasteiger partial charge in [-0.15, -0.1) is 0 Å². The summed E-state index contributed by atoms with van der Waals surface area (Å²) in [5.74, 6) is 1.66. The van der Waals surface area contributed by atoms with Crippen LogP contribution in [0.25, 0.3) is 0 Å². The fraction of sp³-hybridized carbons (Fsp3) is 0.562. The largest absolute Gasteiger partial charge is 0.494 e. The number of nitrogens with one attached hydrogen (secondary N) is 2. The van der Waals surface area contributed by atoms with Crippen LogP contribution < -0.4 is 15.4 Å². The molecule has 114 valence electrons. The molecule has 21 heavy (non-hydrogen) atoms. The summed E-state index contributed by atoms with van der Waals surface area (Å²) in [5, 5.41) is 7.47. The Morgan fingerprint density at radius 1 is 1.29 bits per heavy atom. The smallest absolute Gasteiger partial charge is 0.171 e. The van der Waals surface area contributed by atoms with Gasteiger partial charge in [0.15, 0.2) is 5.11 Å². The third-order valence-electron chi connectivity index (χ3n) is 4.40. The fourth-order valence-electron chi connectivity index (χ4n) is 3.27. The van der Waals surface area contributed by atoms with E-state index in [1.54, 1.807) is 0 Å². The van der Waals surface area contributed by atoms with Crippen molar-refractivity contribution in [2.75, 3.05) is 31.6 Å². The zero-order valence-electron chi connectivity index (χ0n) is 12.5. The molecule has 0 saturated carbocycles. The van der Waals surface area contributed by atoms with E-state index in [1.165, 1.54) is 25.9 Å². The molecule has 1 atom stereocenters. The number of hydrogen-bond donors (Lipinski definition) is 2. The minimum Gasteiger partial charge on any atom is -0.494 e. The minimum absolute atomic E-state index is 0.496. The van der Waals surface area contributed by atoms with E-state index in [0.29, 0.717) is 12.6 Å². The Hall–Kier alpha value is -1.33. The summed E-state index contributed by atoms with van der Waals surface area (Å²) in [5.41, 5.74) is 0.997. The van der Waals surface area contributed by atoms with E-state index in [1.807, 2.05) is 31.2 Å². The third-order valence-corrected chi connectivity index (χ3v) is 4.62. The van der Waals surface area contributed by atoms with Crippen LogP contribution >= 0.6 is 12.2 Å². The van der Waals surface area contributed by atoms with Crippen molar-refractivity contribution in [3.05, 3.63) is 24.3 Å². The molecule has 0 amide bonds. The van der Waals surface area contributed by atoms with Crippen LogP contribution in [0.5, 0.6) is 5.75 Å². The molecule has 4 nitrogen and oxygen atoms in total. The van der Waals surface area contributed by atoms with Gasteiger partial charge in [-0.2, -0.15) is 0 Å². The summed E-state index contributed by atoms with van der Waals surface area (Å²) in [6, 6.07) is 8.41. The Morgan fingerprint density at radius 2 is 2.00 bits per heavy atom.